The first kappa shape index (κ1) is 12.3. The maximum Gasteiger partial charge on any atom is 0.315 e. The number of nitriles is 1. The standard InChI is InChI=1S/C8H3ClF3N3O/c9-6-4(10)5(3(1-13)2-14-6)15-8(16)7(11)12/h2,7H,(H,14,15,16). The molecule has 4 nitrogen and oxygen atoms in total. The number of hydrogen-bond donors (Lipinski definition) is 1. The molecule has 0 bridgehead atoms. The van der Waals surface area contributed by atoms with Crippen LogP contribution >= 0.6 is 11.6 Å². The normalized spacial score (nSPS) is 10.0. The van der Waals surface area contributed by atoms with Gasteiger partial charge in [-0.15, -0.1) is 0 Å². The van der Waals surface area contributed by atoms with Gasteiger partial charge >= 0.3 is 6.43 Å². The smallest absolute Gasteiger partial charge is 0.315 e. The highest BCUT2D eigenvalue weighted by Gasteiger charge is 2.21. The molecule has 16 heavy (non-hydrogen) atoms. The van der Waals surface area contributed by atoms with Gasteiger partial charge in [0.2, 0.25) is 0 Å². The summed E-state index contributed by atoms with van der Waals surface area (Å²) >= 11 is 5.27. The number of nitrogens with zero attached hydrogens (tertiary/aromatic N) is 2. The highest BCUT2D eigenvalue weighted by molar-refractivity contribution is 6.30. The summed E-state index contributed by atoms with van der Waals surface area (Å²) in [6.45, 7) is 0. The number of pyridine rings is 1. The molecule has 0 atom stereocenters. The van der Waals surface area contributed by atoms with Crippen LogP contribution in [0.4, 0.5) is 18.9 Å². The van der Waals surface area contributed by atoms with Crippen LogP contribution in [0, 0.1) is 17.1 Å². The Hall–Kier alpha value is -1.81. The summed E-state index contributed by atoms with van der Waals surface area (Å²) in [5, 5.41) is 9.48. The van der Waals surface area contributed by atoms with Crippen LogP contribution in [0.25, 0.3) is 0 Å². The van der Waals surface area contributed by atoms with Gasteiger partial charge in [0, 0.05) is 6.20 Å². The minimum atomic E-state index is -3.32. The van der Waals surface area contributed by atoms with E-state index >= 15 is 0 Å². The van der Waals surface area contributed by atoms with Gasteiger partial charge in [-0.3, -0.25) is 4.79 Å². The zero-order chi connectivity index (χ0) is 12.3. The Balaban J connectivity index is 3.17. The second kappa shape index (κ2) is 4.81. The molecule has 1 rings (SSSR count). The second-order valence-electron chi connectivity index (χ2n) is 2.55. The summed E-state index contributed by atoms with van der Waals surface area (Å²) in [6, 6.07) is 1.49. The molecule has 0 saturated carbocycles. The summed E-state index contributed by atoms with van der Waals surface area (Å²) < 4.78 is 37.1. The molecule has 1 aromatic heterocycles. The van der Waals surface area contributed by atoms with Crippen LogP contribution in [-0.4, -0.2) is 17.3 Å². The Kier molecular flexibility index (Phi) is 3.68. The Morgan fingerprint density at radius 2 is 2.25 bits per heavy atom. The number of hydrogen-bond acceptors (Lipinski definition) is 3. The number of carbonyl (C=O) groups excluding carboxylic acids is 1. The zero-order valence-electron chi connectivity index (χ0n) is 7.47. The lowest BCUT2D eigenvalue weighted by Crippen LogP contribution is -2.21. The molecule has 0 radical (unpaired) electrons. The van der Waals surface area contributed by atoms with Gasteiger partial charge in [-0.2, -0.15) is 14.0 Å². The number of alkyl halides is 2. The van der Waals surface area contributed by atoms with E-state index in [4.69, 9.17) is 16.9 Å². The third-order valence-electron chi connectivity index (χ3n) is 1.54. The molecule has 0 spiro atoms. The Morgan fingerprint density at radius 1 is 1.62 bits per heavy atom. The molecule has 0 saturated heterocycles. The summed E-state index contributed by atoms with van der Waals surface area (Å²) in [6.07, 6.45) is -2.45. The third kappa shape index (κ3) is 2.41. The molecule has 1 heterocycles. The molecule has 0 fully saturated rings. The van der Waals surface area contributed by atoms with Gasteiger partial charge in [-0.1, -0.05) is 11.6 Å². The third-order valence-corrected chi connectivity index (χ3v) is 1.81. The quantitative estimate of drug-likeness (QED) is 0.815. The van der Waals surface area contributed by atoms with E-state index < -0.39 is 34.6 Å². The number of halogens is 4. The lowest BCUT2D eigenvalue weighted by atomic mass is 10.2. The molecule has 1 N–H and O–H groups in total. The van der Waals surface area contributed by atoms with Gasteiger partial charge in [0.05, 0.1) is 11.3 Å². The highest BCUT2D eigenvalue weighted by Crippen LogP contribution is 2.24. The molecular formula is C8H3ClF3N3O. The molecule has 0 unspecified atom stereocenters. The van der Waals surface area contributed by atoms with Crippen molar-refractivity contribution >= 4 is 23.2 Å². The van der Waals surface area contributed by atoms with Crippen LogP contribution in [0.1, 0.15) is 5.56 Å². The van der Waals surface area contributed by atoms with Crippen LogP contribution in [0.15, 0.2) is 6.20 Å². The fourth-order valence-electron chi connectivity index (χ4n) is 0.849. The first-order valence-corrected chi connectivity index (χ1v) is 4.18. The molecule has 0 aliphatic carbocycles. The largest absolute Gasteiger partial charge is 0.317 e. The van der Waals surface area contributed by atoms with Crippen molar-refractivity contribution in [2.75, 3.05) is 5.32 Å². The molecular weight excluding hydrogens is 247 g/mol. The van der Waals surface area contributed by atoms with Crippen molar-refractivity contribution < 1.29 is 18.0 Å². The molecule has 0 aliphatic rings. The van der Waals surface area contributed by atoms with E-state index in [1.807, 2.05) is 0 Å². The molecule has 1 aromatic rings. The summed E-state index contributed by atoms with van der Waals surface area (Å²) in [7, 11) is 0. The van der Waals surface area contributed by atoms with Gasteiger partial charge < -0.3 is 5.32 Å². The minimum Gasteiger partial charge on any atom is -0.317 e. The zero-order valence-corrected chi connectivity index (χ0v) is 8.23. The van der Waals surface area contributed by atoms with E-state index in [2.05, 4.69) is 4.98 Å². The fraction of sp³-hybridized carbons (Fsp3) is 0.125. The fourth-order valence-corrected chi connectivity index (χ4v) is 0.992. The summed E-state index contributed by atoms with van der Waals surface area (Å²) in [4.78, 5) is 13.9. The lowest BCUT2D eigenvalue weighted by Gasteiger charge is -2.07. The van der Waals surface area contributed by atoms with E-state index in [1.165, 1.54) is 6.07 Å². The number of carbonyl (C=O) groups is 1. The van der Waals surface area contributed by atoms with Crippen molar-refractivity contribution in [3.8, 4) is 6.07 Å². The van der Waals surface area contributed by atoms with E-state index in [-0.39, 0.29) is 0 Å². The van der Waals surface area contributed by atoms with Crippen LogP contribution in [-0.2, 0) is 4.79 Å². The van der Waals surface area contributed by atoms with Crippen molar-refractivity contribution in [3.05, 3.63) is 22.7 Å². The maximum atomic E-state index is 13.3. The monoisotopic (exact) mass is 249 g/mol. The van der Waals surface area contributed by atoms with Crippen molar-refractivity contribution in [2.24, 2.45) is 0 Å². The van der Waals surface area contributed by atoms with Gasteiger partial charge in [0.1, 0.15) is 6.07 Å². The van der Waals surface area contributed by atoms with Crippen molar-refractivity contribution in [1.29, 1.82) is 5.26 Å². The average Bonchev–Trinajstić information content (AvgIpc) is 2.25. The van der Waals surface area contributed by atoms with E-state index in [1.54, 1.807) is 5.32 Å². The second-order valence-corrected chi connectivity index (χ2v) is 2.91. The van der Waals surface area contributed by atoms with Crippen LogP contribution in [0.5, 0.6) is 0 Å². The lowest BCUT2D eigenvalue weighted by molar-refractivity contribution is -0.126. The van der Waals surface area contributed by atoms with E-state index in [9.17, 15) is 18.0 Å². The summed E-state index contributed by atoms with van der Waals surface area (Å²) in [5.74, 6) is -2.95. The van der Waals surface area contributed by atoms with E-state index in [0.717, 1.165) is 6.20 Å². The Bertz CT molecular complexity index is 472. The predicted molar refractivity (Wildman–Crippen MR) is 48.6 cm³/mol. The minimum absolute atomic E-state index is 0.393. The number of aromatic nitrogens is 1. The van der Waals surface area contributed by atoms with Gasteiger partial charge in [0.25, 0.3) is 5.91 Å². The number of amides is 1. The van der Waals surface area contributed by atoms with Crippen molar-refractivity contribution in [1.82, 2.24) is 4.98 Å². The van der Waals surface area contributed by atoms with Crippen LogP contribution < -0.4 is 5.32 Å². The first-order valence-electron chi connectivity index (χ1n) is 3.80. The maximum absolute atomic E-state index is 13.3. The highest BCUT2D eigenvalue weighted by atomic mass is 35.5. The number of rotatable bonds is 2. The Morgan fingerprint density at radius 3 is 2.75 bits per heavy atom. The Labute approximate surface area is 92.6 Å². The first-order chi connectivity index (χ1) is 7.47. The van der Waals surface area contributed by atoms with Crippen molar-refractivity contribution in [3.63, 3.8) is 0 Å². The molecule has 8 heteroatoms. The van der Waals surface area contributed by atoms with Crippen LogP contribution in [0.2, 0.25) is 5.15 Å². The molecule has 0 aromatic carbocycles. The molecule has 0 aliphatic heterocycles. The van der Waals surface area contributed by atoms with Crippen LogP contribution in [0.3, 0.4) is 0 Å². The van der Waals surface area contributed by atoms with Gasteiger partial charge in [-0.25, -0.2) is 9.37 Å². The van der Waals surface area contributed by atoms with Crippen molar-refractivity contribution in [2.45, 2.75) is 6.43 Å². The topological polar surface area (TPSA) is 65.8 Å². The number of nitrogens with one attached hydrogen (secondary N) is 1. The SMILES string of the molecule is N#Cc1cnc(Cl)c(F)c1NC(=O)C(F)F. The average molecular weight is 250 g/mol. The summed E-state index contributed by atoms with van der Waals surface area (Å²) in [5.41, 5.74) is -1.09. The molecule has 1 amide bonds. The van der Waals surface area contributed by atoms with Gasteiger partial charge in [0.15, 0.2) is 11.0 Å². The van der Waals surface area contributed by atoms with Gasteiger partial charge in [-0.05, 0) is 0 Å². The predicted octanol–water partition coefficient (Wildman–Crippen LogP) is 1.95. The molecule has 84 valence electrons. The van der Waals surface area contributed by atoms with E-state index in [0.29, 0.717) is 0 Å². The number of anilines is 1.